The van der Waals surface area contributed by atoms with Gasteiger partial charge < -0.3 is 13.6 Å². The zero-order valence-corrected chi connectivity index (χ0v) is 10.1. The molecule has 0 saturated carbocycles. The van der Waals surface area contributed by atoms with Gasteiger partial charge in [-0.05, 0) is 13.8 Å². The van der Waals surface area contributed by atoms with Crippen LogP contribution in [0.5, 0.6) is 0 Å². The fourth-order valence-electron chi connectivity index (χ4n) is 1.69. The molecule has 0 N–H and O–H groups in total. The van der Waals surface area contributed by atoms with Crippen LogP contribution in [0.15, 0.2) is 19.6 Å². The predicted octanol–water partition coefficient (Wildman–Crippen LogP) is 2.30. The first-order chi connectivity index (χ1) is 8.65. The Balaban J connectivity index is 2.18. The molecular formula is C11H10N4O3. The summed E-state index contributed by atoms with van der Waals surface area (Å²) in [5, 5.41) is 11.7. The van der Waals surface area contributed by atoms with Gasteiger partial charge in [-0.2, -0.15) is 4.98 Å². The molecule has 18 heavy (non-hydrogen) atoms. The summed E-state index contributed by atoms with van der Waals surface area (Å²) in [6, 6.07) is 1.77. The van der Waals surface area contributed by atoms with Crippen LogP contribution in [0.3, 0.4) is 0 Å². The molecule has 3 heterocycles. The quantitative estimate of drug-likeness (QED) is 0.685. The molecule has 0 aliphatic rings. The number of nitrogens with zero attached hydrogens (tertiary/aromatic N) is 4. The zero-order chi connectivity index (χ0) is 12.7. The van der Waals surface area contributed by atoms with E-state index < -0.39 is 0 Å². The Hall–Kier alpha value is -2.44. The van der Waals surface area contributed by atoms with Crippen LogP contribution in [0.25, 0.3) is 22.8 Å². The lowest BCUT2D eigenvalue weighted by Gasteiger charge is -1.91. The minimum atomic E-state index is 0.432. The van der Waals surface area contributed by atoms with Gasteiger partial charge in [-0.3, -0.25) is 0 Å². The molecule has 3 aromatic heterocycles. The summed E-state index contributed by atoms with van der Waals surface area (Å²) in [5.41, 5.74) is 1.80. The standard InChI is InChI=1S/C11H10N4O3/c1-5-4-8(13-16-5)10-9(6(2)17-14-10)11-12-7(3)18-15-11/h4H,1-3H3. The Morgan fingerprint density at radius 2 is 1.78 bits per heavy atom. The van der Waals surface area contributed by atoms with Crippen molar-refractivity contribution in [3.05, 3.63) is 23.5 Å². The van der Waals surface area contributed by atoms with Crippen molar-refractivity contribution < 1.29 is 13.6 Å². The number of aryl methyl sites for hydroxylation is 3. The van der Waals surface area contributed by atoms with E-state index in [1.54, 1.807) is 19.9 Å². The van der Waals surface area contributed by atoms with Crippen molar-refractivity contribution in [3.8, 4) is 22.8 Å². The van der Waals surface area contributed by atoms with Crippen molar-refractivity contribution in [3.63, 3.8) is 0 Å². The smallest absolute Gasteiger partial charge is 0.223 e. The molecule has 3 rings (SSSR count). The molecule has 0 aromatic carbocycles. The molecule has 0 spiro atoms. The van der Waals surface area contributed by atoms with E-state index in [1.165, 1.54) is 0 Å². The molecule has 0 atom stereocenters. The Bertz CT molecular complexity index is 695. The monoisotopic (exact) mass is 246 g/mol. The Morgan fingerprint density at radius 3 is 2.39 bits per heavy atom. The first kappa shape index (κ1) is 10.7. The summed E-state index contributed by atoms with van der Waals surface area (Å²) in [5.74, 6) is 2.21. The summed E-state index contributed by atoms with van der Waals surface area (Å²) >= 11 is 0. The summed E-state index contributed by atoms with van der Waals surface area (Å²) in [4.78, 5) is 4.17. The second-order valence-electron chi connectivity index (χ2n) is 3.92. The van der Waals surface area contributed by atoms with Crippen molar-refractivity contribution in [2.75, 3.05) is 0 Å². The van der Waals surface area contributed by atoms with Crippen LogP contribution in [-0.2, 0) is 0 Å². The van der Waals surface area contributed by atoms with E-state index in [4.69, 9.17) is 13.6 Å². The lowest BCUT2D eigenvalue weighted by molar-refractivity contribution is 0.390. The van der Waals surface area contributed by atoms with E-state index in [-0.39, 0.29) is 0 Å². The average molecular weight is 246 g/mol. The average Bonchev–Trinajstić information content (AvgIpc) is 2.99. The molecule has 7 heteroatoms. The Morgan fingerprint density at radius 1 is 0.944 bits per heavy atom. The third kappa shape index (κ3) is 1.60. The highest BCUT2D eigenvalue weighted by Gasteiger charge is 2.22. The maximum atomic E-state index is 5.17. The van der Waals surface area contributed by atoms with Crippen molar-refractivity contribution in [2.24, 2.45) is 0 Å². The number of aromatic nitrogens is 4. The number of hydrogen-bond donors (Lipinski definition) is 0. The second-order valence-corrected chi connectivity index (χ2v) is 3.92. The van der Waals surface area contributed by atoms with Gasteiger partial charge in [-0.15, -0.1) is 0 Å². The molecule has 0 saturated heterocycles. The number of rotatable bonds is 2. The minimum Gasteiger partial charge on any atom is -0.361 e. The number of hydrogen-bond acceptors (Lipinski definition) is 7. The Labute approximate surface area is 102 Å². The predicted molar refractivity (Wildman–Crippen MR) is 59.5 cm³/mol. The van der Waals surface area contributed by atoms with Crippen LogP contribution >= 0.6 is 0 Å². The van der Waals surface area contributed by atoms with E-state index in [0.717, 1.165) is 0 Å². The fourth-order valence-corrected chi connectivity index (χ4v) is 1.69. The third-order valence-corrected chi connectivity index (χ3v) is 2.48. The van der Waals surface area contributed by atoms with Crippen LogP contribution in [-0.4, -0.2) is 20.5 Å². The van der Waals surface area contributed by atoms with Gasteiger partial charge in [0.2, 0.25) is 11.7 Å². The van der Waals surface area contributed by atoms with E-state index >= 15 is 0 Å². The summed E-state index contributed by atoms with van der Waals surface area (Å²) < 4.78 is 15.2. The first-order valence-corrected chi connectivity index (χ1v) is 5.36. The fraction of sp³-hybridized carbons (Fsp3) is 0.273. The molecule has 0 radical (unpaired) electrons. The lowest BCUT2D eigenvalue weighted by atomic mass is 10.1. The van der Waals surface area contributed by atoms with E-state index in [1.807, 2.05) is 6.92 Å². The summed E-state index contributed by atoms with van der Waals surface area (Å²) in [6.45, 7) is 5.31. The molecule has 3 aromatic rings. The summed E-state index contributed by atoms with van der Waals surface area (Å²) in [7, 11) is 0. The molecule has 0 aliphatic heterocycles. The largest absolute Gasteiger partial charge is 0.361 e. The molecule has 0 unspecified atom stereocenters. The maximum Gasteiger partial charge on any atom is 0.223 e. The van der Waals surface area contributed by atoms with Gasteiger partial charge in [0.05, 0.1) is 5.56 Å². The van der Waals surface area contributed by atoms with Crippen molar-refractivity contribution >= 4 is 0 Å². The van der Waals surface area contributed by atoms with Gasteiger partial charge in [0.15, 0.2) is 0 Å². The van der Waals surface area contributed by atoms with Crippen molar-refractivity contribution in [2.45, 2.75) is 20.8 Å². The topological polar surface area (TPSA) is 91.0 Å². The highest BCUT2D eigenvalue weighted by Crippen LogP contribution is 2.31. The van der Waals surface area contributed by atoms with Gasteiger partial charge in [0.1, 0.15) is 22.9 Å². The SMILES string of the molecule is Cc1cc(-c2noc(C)c2-c2noc(C)n2)no1. The second kappa shape index (κ2) is 3.80. The highest BCUT2D eigenvalue weighted by atomic mass is 16.5. The van der Waals surface area contributed by atoms with E-state index in [2.05, 4.69) is 20.5 Å². The van der Waals surface area contributed by atoms with Crippen LogP contribution in [0, 0.1) is 20.8 Å². The molecule has 0 aliphatic carbocycles. The van der Waals surface area contributed by atoms with Crippen LogP contribution < -0.4 is 0 Å². The minimum absolute atomic E-state index is 0.432. The molecule has 7 nitrogen and oxygen atoms in total. The molecule has 0 bridgehead atoms. The van der Waals surface area contributed by atoms with Crippen LogP contribution in [0.2, 0.25) is 0 Å². The summed E-state index contributed by atoms with van der Waals surface area (Å²) in [6.07, 6.45) is 0. The first-order valence-electron chi connectivity index (χ1n) is 5.36. The van der Waals surface area contributed by atoms with Crippen molar-refractivity contribution in [1.29, 1.82) is 0 Å². The van der Waals surface area contributed by atoms with Crippen LogP contribution in [0.1, 0.15) is 17.4 Å². The molecule has 0 fully saturated rings. The van der Waals surface area contributed by atoms with E-state index in [0.29, 0.717) is 40.2 Å². The van der Waals surface area contributed by atoms with Crippen LogP contribution in [0.4, 0.5) is 0 Å². The molecular weight excluding hydrogens is 236 g/mol. The lowest BCUT2D eigenvalue weighted by Crippen LogP contribution is -1.86. The molecule has 92 valence electrons. The normalized spacial score (nSPS) is 11.1. The van der Waals surface area contributed by atoms with Gasteiger partial charge >= 0.3 is 0 Å². The Kier molecular flexibility index (Phi) is 2.26. The maximum absolute atomic E-state index is 5.17. The van der Waals surface area contributed by atoms with Gasteiger partial charge in [0, 0.05) is 13.0 Å². The highest BCUT2D eigenvalue weighted by molar-refractivity contribution is 5.76. The van der Waals surface area contributed by atoms with Gasteiger partial charge in [0.25, 0.3) is 0 Å². The van der Waals surface area contributed by atoms with E-state index in [9.17, 15) is 0 Å². The van der Waals surface area contributed by atoms with Gasteiger partial charge in [-0.25, -0.2) is 0 Å². The third-order valence-electron chi connectivity index (χ3n) is 2.48. The van der Waals surface area contributed by atoms with Crippen molar-refractivity contribution in [1.82, 2.24) is 20.5 Å². The van der Waals surface area contributed by atoms with Gasteiger partial charge in [-0.1, -0.05) is 15.5 Å². The zero-order valence-electron chi connectivity index (χ0n) is 10.1. The molecule has 0 amide bonds.